The molecule has 0 radical (unpaired) electrons. The molecule has 24 heavy (non-hydrogen) atoms. The highest BCUT2D eigenvalue weighted by Gasteiger charge is 2.21. The summed E-state index contributed by atoms with van der Waals surface area (Å²) in [5.74, 6) is -0.477. The van der Waals surface area contributed by atoms with Crippen molar-refractivity contribution in [3.63, 3.8) is 0 Å². The summed E-state index contributed by atoms with van der Waals surface area (Å²) in [5, 5.41) is 10.9. The second kappa shape index (κ2) is 6.29. The summed E-state index contributed by atoms with van der Waals surface area (Å²) in [6.45, 7) is 0. The lowest BCUT2D eigenvalue weighted by atomic mass is 10.0. The van der Waals surface area contributed by atoms with Crippen molar-refractivity contribution in [2.45, 2.75) is 0 Å². The standard InChI is InChI=1S/C11H9NO2.C7H5N2O/c12-11(14)10-6-8(13)5-7-3-1-2-4-9(7)10;10-9-5-8-6-3-1-2-4-7(6)9/h1-6,13H,(H2,12,14);1-5H/q;+1. The van der Waals surface area contributed by atoms with Gasteiger partial charge in [-0.15, -0.1) is 0 Å². The Kier molecular flexibility index (Phi) is 4.03. The fourth-order valence-electron chi connectivity index (χ4n) is 2.44. The smallest absolute Gasteiger partial charge is 0.331 e. The number of nitrogens with two attached hydrogens (primary N) is 1. The minimum absolute atomic E-state index is 0.0532. The number of aliphatic imine (C=N–C) groups is 1. The number of phenolic OH excluding ortho intramolecular Hbond substituents is 1. The van der Waals surface area contributed by atoms with Crippen LogP contribution in [-0.4, -0.2) is 22.1 Å². The third-order valence-corrected chi connectivity index (χ3v) is 3.53. The van der Waals surface area contributed by atoms with Crippen LogP contribution in [-0.2, 0) is 0 Å². The first-order valence-electron chi connectivity index (χ1n) is 7.17. The molecule has 4 rings (SSSR count). The third kappa shape index (κ3) is 2.98. The summed E-state index contributed by atoms with van der Waals surface area (Å²) < 4.78 is 0.759. The van der Waals surface area contributed by atoms with Crippen LogP contribution in [0.15, 0.2) is 65.7 Å². The highest BCUT2D eigenvalue weighted by Crippen LogP contribution is 2.29. The number of fused-ring (bicyclic) bond motifs is 2. The van der Waals surface area contributed by atoms with Gasteiger partial charge in [0.2, 0.25) is 17.3 Å². The quantitative estimate of drug-likeness (QED) is 0.672. The first-order valence-corrected chi connectivity index (χ1v) is 7.17. The first kappa shape index (κ1) is 15.4. The molecule has 0 aromatic heterocycles. The van der Waals surface area contributed by atoms with Gasteiger partial charge in [-0.05, 0) is 40.0 Å². The second-order valence-electron chi connectivity index (χ2n) is 5.14. The van der Waals surface area contributed by atoms with Gasteiger partial charge in [-0.2, -0.15) is 0 Å². The van der Waals surface area contributed by atoms with Crippen LogP contribution in [0.3, 0.4) is 0 Å². The Morgan fingerprint density at radius 3 is 2.50 bits per heavy atom. The molecule has 0 saturated carbocycles. The van der Waals surface area contributed by atoms with Gasteiger partial charge in [-0.1, -0.05) is 41.3 Å². The number of phenols is 1. The number of rotatable bonds is 1. The largest absolute Gasteiger partial charge is 0.508 e. The maximum atomic E-state index is 11.1. The molecule has 6 heteroatoms. The molecule has 1 amide bonds. The van der Waals surface area contributed by atoms with E-state index in [0.717, 1.165) is 21.2 Å². The SMILES string of the molecule is NC(=O)c1cc(O)cc2ccccc12.O=[N+]1C=Nc2ccccc21. The Labute approximate surface area is 137 Å². The fraction of sp³-hybridized carbons (Fsp3) is 0. The van der Waals surface area contributed by atoms with Crippen LogP contribution in [0.1, 0.15) is 10.4 Å². The van der Waals surface area contributed by atoms with Crippen molar-refractivity contribution >= 4 is 34.4 Å². The van der Waals surface area contributed by atoms with Crippen molar-refractivity contribution in [2.24, 2.45) is 10.7 Å². The molecule has 0 saturated heterocycles. The van der Waals surface area contributed by atoms with Crippen molar-refractivity contribution in [1.29, 1.82) is 0 Å². The van der Waals surface area contributed by atoms with E-state index >= 15 is 0 Å². The lowest BCUT2D eigenvalue weighted by Crippen LogP contribution is -2.11. The molecule has 0 spiro atoms. The Hall–Kier alpha value is -3.54. The summed E-state index contributed by atoms with van der Waals surface area (Å²) in [4.78, 5) is 25.8. The van der Waals surface area contributed by atoms with Crippen molar-refractivity contribution in [3.8, 4) is 5.75 Å². The third-order valence-electron chi connectivity index (χ3n) is 3.53. The van der Waals surface area contributed by atoms with Gasteiger partial charge in [0.1, 0.15) is 5.75 Å². The molecule has 0 unspecified atom stereocenters. The van der Waals surface area contributed by atoms with Crippen LogP contribution in [0.5, 0.6) is 5.75 Å². The normalized spacial score (nSPS) is 11.8. The average molecular weight is 320 g/mol. The van der Waals surface area contributed by atoms with E-state index in [1.807, 2.05) is 36.4 Å². The minimum atomic E-state index is -0.530. The number of nitroso groups, excluding NO2 is 1. The molecular formula is C18H14N3O3+. The molecule has 3 aromatic carbocycles. The number of benzene rings is 3. The number of amides is 1. The van der Waals surface area contributed by atoms with Crippen LogP contribution >= 0.6 is 0 Å². The first-order chi connectivity index (χ1) is 11.6. The Morgan fingerprint density at radius 2 is 1.75 bits per heavy atom. The maximum Gasteiger partial charge on any atom is 0.331 e. The number of carbonyl (C=O) groups is 1. The van der Waals surface area contributed by atoms with Crippen molar-refractivity contribution < 1.29 is 14.7 Å². The highest BCUT2D eigenvalue weighted by atomic mass is 16.3. The summed E-state index contributed by atoms with van der Waals surface area (Å²) in [7, 11) is 0. The zero-order valence-electron chi connectivity index (χ0n) is 12.6. The molecule has 1 aliphatic rings. The van der Waals surface area contributed by atoms with E-state index in [-0.39, 0.29) is 5.75 Å². The molecule has 0 atom stereocenters. The van der Waals surface area contributed by atoms with E-state index in [9.17, 15) is 14.8 Å². The molecule has 1 heterocycles. The van der Waals surface area contributed by atoms with Crippen LogP contribution in [0.25, 0.3) is 10.8 Å². The predicted octanol–water partition coefficient (Wildman–Crippen LogP) is 3.41. The van der Waals surface area contributed by atoms with Gasteiger partial charge >= 0.3 is 6.34 Å². The van der Waals surface area contributed by atoms with Gasteiger partial charge in [0, 0.05) is 4.76 Å². The molecule has 118 valence electrons. The van der Waals surface area contributed by atoms with Crippen LogP contribution in [0, 0.1) is 4.91 Å². The summed E-state index contributed by atoms with van der Waals surface area (Å²) >= 11 is 0. The Morgan fingerprint density at radius 1 is 1.04 bits per heavy atom. The van der Waals surface area contributed by atoms with Gasteiger partial charge in [-0.3, -0.25) is 4.79 Å². The Balaban J connectivity index is 0.000000149. The second-order valence-corrected chi connectivity index (χ2v) is 5.14. The average Bonchev–Trinajstić information content (AvgIpc) is 2.96. The van der Waals surface area contributed by atoms with E-state index in [4.69, 9.17) is 5.73 Å². The summed E-state index contributed by atoms with van der Waals surface area (Å²) in [6.07, 6.45) is 1.27. The number of para-hydroxylation sites is 2. The van der Waals surface area contributed by atoms with Gasteiger partial charge in [0.15, 0.2) is 0 Å². The molecule has 0 fully saturated rings. The van der Waals surface area contributed by atoms with E-state index in [0.29, 0.717) is 11.3 Å². The molecule has 0 aliphatic carbocycles. The molecule has 3 aromatic rings. The number of carbonyl (C=O) groups excluding carboxylic acids is 1. The number of hydrogen-bond acceptors (Lipinski definition) is 4. The summed E-state index contributed by atoms with van der Waals surface area (Å²) in [5.41, 5.74) is 6.92. The van der Waals surface area contributed by atoms with Crippen molar-refractivity contribution in [1.82, 2.24) is 0 Å². The van der Waals surface area contributed by atoms with Gasteiger partial charge < -0.3 is 10.8 Å². The van der Waals surface area contributed by atoms with Gasteiger partial charge in [0.25, 0.3) is 0 Å². The monoisotopic (exact) mass is 320 g/mol. The predicted molar refractivity (Wildman–Crippen MR) is 92.0 cm³/mol. The van der Waals surface area contributed by atoms with E-state index < -0.39 is 5.91 Å². The van der Waals surface area contributed by atoms with Crippen molar-refractivity contribution in [2.75, 3.05) is 0 Å². The van der Waals surface area contributed by atoms with Gasteiger partial charge in [-0.25, -0.2) is 0 Å². The number of hydrogen-bond donors (Lipinski definition) is 2. The van der Waals surface area contributed by atoms with Crippen LogP contribution < -0.4 is 5.73 Å². The molecule has 0 bridgehead atoms. The fourth-order valence-corrected chi connectivity index (χ4v) is 2.44. The lowest BCUT2D eigenvalue weighted by Gasteiger charge is -2.03. The van der Waals surface area contributed by atoms with E-state index in [1.54, 1.807) is 18.2 Å². The number of primary amides is 1. The maximum absolute atomic E-state index is 11.1. The van der Waals surface area contributed by atoms with E-state index in [1.165, 1.54) is 12.4 Å². The number of aromatic hydroxyl groups is 1. The lowest BCUT2D eigenvalue weighted by molar-refractivity contribution is -0.314. The highest BCUT2D eigenvalue weighted by molar-refractivity contribution is 6.06. The zero-order valence-corrected chi connectivity index (χ0v) is 12.6. The Bertz CT molecular complexity index is 980. The van der Waals surface area contributed by atoms with Gasteiger partial charge in [0.05, 0.1) is 5.56 Å². The van der Waals surface area contributed by atoms with Crippen molar-refractivity contribution in [3.05, 3.63) is 71.1 Å². The topological polar surface area (TPSA) is 95.8 Å². The van der Waals surface area contributed by atoms with Crippen LogP contribution in [0.4, 0.5) is 11.4 Å². The van der Waals surface area contributed by atoms with Crippen LogP contribution in [0.2, 0.25) is 0 Å². The molecule has 3 N–H and O–H groups in total. The van der Waals surface area contributed by atoms with E-state index in [2.05, 4.69) is 4.99 Å². The minimum Gasteiger partial charge on any atom is -0.508 e. The molecular weight excluding hydrogens is 306 g/mol. The molecule has 1 aliphatic heterocycles. The summed E-state index contributed by atoms with van der Waals surface area (Å²) in [6, 6.07) is 17.5. The molecule has 6 nitrogen and oxygen atoms in total. The number of nitrogens with zero attached hydrogens (tertiary/aromatic N) is 2. The zero-order chi connectivity index (χ0) is 17.1.